The van der Waals surface area contributed by atoms with Crippen molar-refractivity contribution in [3.63, 3.8) is 0 Å². The number of phenols is 1. The molecule has 32 heavy (non-hydrogen) atoms. The monoisotopic (exact) mass is 440 g/mol. The van der Waals surface area contributed by atoms with Gasteiger partial charge in [-0.15, -0.1) is 0 Å². The molecule has 8 nitrogen and oxygen atoms in total. The molecule has 0 aliphatic carbocycles. The van der Waals surface area contributed by atoms with Crippen LogP contribution in [0.3, 0.4) is 0 Å². The molecule has 1 heterocycles. The predicted molar refractivity (Wildman–Crippen MR) is 126 cm³/mol. The largest absolute Gasteiger partial charge is 0.505 e. The number of hydrogen-bond donors (Lipinski definition) is 3. The number of carbonyl (C=O) groups is 3. The first-order valence-corrected chi connectivity index (χ1v) is 10.3. The fourth-order valence-corrected chi connectivity index (χ4v) is 2.60. The van der Waals surface area contributed by atoms with Gasteiger partial charge in [0, 0.05) is 13.6 Å². The van der Waals surface area contributed by atoms with Crippen molar-refractivity contribution in [3.05, 3.63) is 71.1 Å². The summed E-state index contributed by atoms with van der Waals surface area (Å²) in [5.74, 6) is -1.28. The molecule has 0 aromatic heterocycles. The number of rotatable bonds is 6. The van der Waals surface area contributed by atoms with Crippen LogP contribution < -0.4 is 10.6 Å². The van der Waals surface area contributed by atoms with Gasteiger partial charge in [-0.05, 0) is 38.8 Å². The Bertz CT molecular complexity index is 953. The van der Waals surface area contributed by atoms with Gasteiger partial charge >= 0.3 is 0 Å². The second kappa shape index (κ2) is 12.9. The summed E-state index contributed by atoms with van der Waals surface area (Å²) in [4.78, 5) is 38.7. The Morgan fingerprint density at radius 1 is 0.938 bits per heavy atom. The smallest absolute Gasteiger partial charge is 0.279 e. The fourth-order valence-electron chi connectivity index (χ4n) is 2.60. The number of hydrogen-bond acceptors (Lipinski definition) is 7. The summed E-state index contributed by atoms with van der Waals surface area (Å²) in [6.45, 7) is 4.36. The summed E-state index contributed by atoms with van der Waals surface area (Å²) in [5.41, 5.74) is 1.32. The van der Waals surface area contributed by atoms with Crippen molar-refractivity contribution < 1.29 is 19.5 Å². The topological polar surface area (TPSA) is 102 Å². The lowest BCUT2D eigenvalue weighted by atomic mass is 10.2. The molecule has 3 N–H and O–H groups in total. The molecule has 1 aliphatic rings. The molecule has 0 radical (unpaired) electrons. The third-order valence-electron chi connectivity index (χ3n) is 4.05. The molecule has 2 amide bonds. The second-order valence-electron chi connectivity index (χ2n) is 7.09. The van der Waals surface area contributed by atoms with Gasteiger partial charge in [0.15, 0.2) is 6.29 Å². The van der Waals surface area contributed by atoms with Crippen LogP contribution in [-0.2, 0) is 16.1 Å². The molecule has 2 aromatic rings. The Morgan fingerprint density at radius 3 is 2.06 bits per heavy atom. The number of aldehydes is 1. The summed E-state index contributed by atoms with van der Waals surface area (Å²) in [5, 5.41) is 15.9. The van der Waals surface area contributed by atoms with E-state index in [0.717, 1.165) is 10.5 Å². The van der Waals surface area contributed by atoms with Crippen LogP contribution in [0, 0.1) is 0 Å². The van der Waals surface area contributed by atoms with Crippen LogP contribution in [0.4, 0.5) is 5.69 Å². The third kappa shape index (κ3) is 6.95. The standard InChI is InChI=1S/C19H17N3O4.C3H9N.C2H6/c1-22-18(25)15(20-10-12-6-3-2-4-7-12)16(19(22)26)21-14-9-5-8-13(11-23)17(14)24;1-4(2)3;1-2/h2-9,11,20-21,24H,10H2,1H3;1-3H3;1-2H3. The molecule has 1 aliphatic heterocycles. The zero-order valence-electron chi connectivity index (χ0n) is 19.5. The minimum absolute atomic E-state index is 0.0202. The van der Waals surface area contributed by atoms with Crippen LogP contribution in [0.15, 0.2) is 59.9 Å². The fraction of sp³-hybridized carbons (Fsp3) is 0.292. The zero-order chi connectivity index (χ0) is 24.3. The molecule has 0 spiro atoms. The van der Waals surface area contributed by atoms with Gasteiger partial charge in [0.25, 0.3) is 11.8 Å². The minimum Gasteiger partial charge on any atom is -0.505 e. The van der Waals surface area contributed by atoms with Gasteiger partial charge in [0.2, 0.25) is 0 Å². The van der Waals surface area contributed by atoms with E-state index in [1.807, 2.05) is 70.2 Å². The second-order valence-corrected chi connectivity index (χ2v) is 7.09. The maximum atomic E-state index is 12.4. The van der Waals surface area contributed by atoms with E-state index < -0.39 is 11.8 Å². The lowest BCUT2D eigenvalue weighted by Crippen LogP contribution is -2.29. The van der Waals surface area contributed by atoms with Crippen molar-refractivity contribution in [2.75, 3.05) is 33.5 Å². The van der Waals surface area contributed by atoms with Crippen LogP contribution in [0.1, 0.15) is 29.8 Å². The van der Waals surface area contributed by atoms with Crippen molar-refractivity contribution in [3.8, 4) is 5.75 Å². The molecular formula is C24H32N4O4. The summed E-state index contributed by atoms with van der Waals surface area (Å²) < 4.78 is 0. The quantitative estimate of drug-likeness (QED) is 0.361. The Hall–Kier alpha value is -3.65. The van der Waals surface area contributed by atoms with Gasteiger partial charge in [-0.2, -0.15) is 0 Å². The Labute approximate surface area is 189 Å². The number of nitrogens with one attached hydrogen (secondary N) is 2. The molecule has 0 atom stereocenters. The maximum Gasteiger partial charge on any atom is 0.279 e. The molecule has 0 saturated heterocycles. The highest BCUT2D eigenvalue weighted by molar-refractivity contribution is 6.20. The van der Waals surface area contributed by atoms with Gasteiger partial charge in [-0.1, -0.05) is 50.2 Å². The molecule has 0 unspecified atom stereocenters. The summed E-state index contributed by atoms with van der Waals surface area (Å²) in [6, 6.07) is 14.0. The van der Waals surface area contributed by atoms with E-state index in [-0.39, 0.29) is 28.4 Å². The number of para-hydroxylation sites is 1. The number of benzene rings is 2. The molecule has 3 rings (SSSR count). The Kier molecular flexibility index (Phi) is 10.6. The minimum atomic E-state index is -0.526. The first-order valence-electron chi connectivity index (χ1n) is 10.3. The SMILES string of the molecule is CC.CN(C)C.CN1C(=O)C(NCc2ccccc2)=C(Nc2cccc(C=O)c2O)C1=O. The first-order chi connectivity index (χ1) is 15.3. The van der Waals surface area contributed by atoms with E-state index in [1.165, 1.54) is 19.2 Å². The van der Waals surface area contributed by atoms with Crippen molar-refractivity contribution in [1.29, 1.82) is 0 Å². The van der Waals surface area contributed by atoms with Crippen LogP contribution in [0.25, 0.3) is 0 Å². The van der Waals surface area contributed by atoms with Crippen LogP contribution >= 0.6 is 0 Å². The normalized spacial score (nSPS) is 12.7. The van der Waals surface area contributed by atoms with Gasteiger partial charge in [-0.25, -0.2) is 0 Å². The van der Waals surface area contributed by atoms with Gasteiger partial charge in [-0.3, -0.25) is 19.3 Å². The van der Waals surface area contributed by atoms with E-state index in [4.69, 9.17) is 0 Å². The third-order valence-corrected chi connectivity index (χ3v) is 4.05. The van der Waals surface area contributed by atoms with E-state index in [0.29, 0.717) is 12.8 Å². The van der Waals surface area contributed by atoms with Crippen LogP contribution in [0.2, 0.25) is 0 Å². The predicted octanol–water partition coefficient (Wildman–Crippen LogP) is 2.82. The molecular weight excluding hydrogens is 408 g/mol. The number of phenolic OH excluding ortho intramolecular Hbond substituents is 1. The number of imide groups is 1. The first kappa shape index (κ1) is 26.4. The van der Waals surface area contributed by atoms with Crippen LogP contribution in [0.5, 0.6) is 5.75 Å². The summed E-state index contributed by atoms with van der Waals surface area (Å²) in [7, 11) is 7.38. The van der Waals surface area contributed by atoms with Crippen molar-refractivity contribution in [2.45, 2.75) is 20.4 Å². The molecule has 0 saturated carbocycles. The average molecular weight is 441 g/mol. The Morgan fingerprint density at radius 2 is 1.50 bits per heavy atom. The Balaban J connectivity index is 0.000000769. The lowest BCUT2D eigenvalue weighted by Gasteiger charge is -2.11. The van der Waals surface area contributed by atoms with Crippen molar-refractivity contribution in [1.82, 2.24) is 15.1 Å². The average Bonchev–Trinajstić information content (AvgIpc) is 2.98. The highest BCUT2D eigenvalue weighted by Gasteiger charge is 2.36. The zero-order valence-corrected chi connectivity index (χ0v) is 19.5. The lowest BCUT2D eigenvalue weighted by molar-refractivity contribution is -0.136. The molecule has 2 aromatic carbocycles. The van der Waals surface area contributed by atoms with E-state index in [9.17, 15) is 19.5 Å². The van der Waals surface area contributed by atoms with E-state index in [1.54, 1.807) is 6.07 Å². The van der Waals surface area contributed by atoms with Gasteiger partial charge in [0.05, 0.1) is 11.3 Å². The van der Waals surface area contributed by atoms with Crippen LogP contribution in [-0.4, -0.2) is 61.2 Å². The molecule has 0 fully saturated rings. The van der Waals surface area contributed by atoms with Gasteiger partial charge < -0.3 is 20.6 Å². The summed E-state index contributed by atoms with van der Waals surface area (Å²) in [6.07, 6.45) is 0.511. The number of likely N-dealkylation sites (N-methyl/N-ethyl adjacent to an activating group) is 1. The number of anilines is 1. The highest BCUT2D eigenvalue weighted by atomic mass is 16.3. The van der Waals surface area contributed by atoms with Gasteiger partial charge in [0.1, 0.15) is 17.1 Å². The summed E-state index contributed by atoms with van der Waals surface area (Å²) >= 11 is 0. The van der Waals surface area contributed by atoms with E-state index in [2.05, 4.69) is 10.6 Å². The number of amides is 2. The van der Waals surface area contributed by atoms with Crippen molar-refractivity contribution >= 4 is 23.8 Å². The maximum absolute atomic E-state index is 12.4. The number of nitrogens with zero attached hydrogens (tertiary/aromatic N) is 2. The number of aromatic hydroxyl groups is 1. The molecule has 172 valence electrons. The highest BCUT2D eigenvalue weighted by Crippen LogP contribution is 2.29. The van der Waals surface area contributed by atoms with E-state index >= 15 is 0 Å². The molecule has 8 heteroatoms. The molecule has 0 bridgehead atoms. The van der Waals surface area contributed by atoms with Crippen molar-refractivity contribution in [2.24, 2.45) is 0 Å². The number of carbonyl (C=O) groups excluding carboxylic acids is 3.